The molecule has 0 aromatic heterocycles. The Labute approximate surface area is 275 Å². The van der Waals surface area contributed by atoms with Crippen LogP contribution in [0.5, 0.6) is 0 Å². The fourth-order valence-corrected chi connectivity index (χ4v) is 6.11. The molecule has 45 heavy (non-hydrogen) atoms. The molecule has 10 nitrogen and oxygen atoms in total. The molecule has 0 radical (unpaired) electrons. The SMILES string of the molecule is CON(C)C(=O)[C@H](CCC(=O)N(C)CCc1ccccc1Cl)NC(=O)[C@H](CC1CCCCC1)N(Cc1cccc(Cl)c1)C(=O)O. The van der Waals surface area contributed by atoms with Crippen LogP contribution in [0.2, 0.25) is 10.0 Å². The van der Waals surface area contributed by atoms with Crippen LogP contribution in [-0.4, -0.2) is 83.6 Å². The van der Waals surface area contributed by atoms with Gasteiger partial charge in [-0.1, -0.05) is 85.6 Å². The van der Waals surface area contributed by atoms with Gasteiger partial charge in [-0.25, -0.2) is 9.86 Å². The zero-order chi connectivity index (χ0) is 32.9. The summed E-state index contributed by atoms with van der Waals surface area (Å²) in [5.41, 5.74) is 1.56. The smallest absolute Gasteiger partial charge is 0.408 e. The molecular formula is C33H44Cl2N4O6. The van der Waals surface area contributed by atoms with Gasteiger partial charge < -0.3 is 15.3 Å². The minimum absolute atomic E-state index is 0.00501. The molecule has 1 saturated carbocycles. The summed E-state index contributed by atoms with van der Waals surface area (Å²) in [6.45, 7) is 0.373. The lowest BCUT2D eigenvalue weighted by atomic mass is 9.84. The number of halogens is 2. The highest BCUT2D eigenvalue weighted by molar-refractivity contribution is 6.31. The molecule has 2 aromatic carbocycles. The molecule has 0 spiro atoms. The fraction of sp³-hybridized carbons (Fsp3) is 0.515. The van der Waals surface area contributed by atoms with E-state index in [0.717, 1.165) is 47.6 Å². The first-order valence-corrected chi connectivity index (χ1v) is 16.1. The molecule has 2 N–H and O–H groups in total. The largest absolute Gasteiger partial charge is 0.465 e. The Bertz CT molecular complexity index is 1310. The Hall–Kier alpha value is -3.34. The summed E-state index contributed by atoms with van der Waals surface area (Å²) in [5, 5.41) is 15.1. The molecule has 0 unspecified atom stereocenters. The second-order valence-corrected chi connectivity index (χ2v) is 12.4. The molecule has 2 atom stereocenters. The molecule has 1 aliphatic rings. The summed E-state index contributed by atoms with van der Waals surface area (Å²) in [4.78, 5) is 60.7. The number of hydrogen-bond acceptors (Lipinski definition) is 5. The van der Waals surface area contributed by atoms with Crippen molar-refractivity contribution < 1.29 is 29.1 Å². The van der Waals surface area contributed by atoms with E-state index in [1.54, 1.807) is 42.3 Å². The summed E-state index contributed by atoms with van der Waals surface area (Å²) in [5.74, 6) is -1.18. The van der Waals surface area contributed by atoms with Gasteiger partial charge in [-0.05, 0) is 54.5 Å². The summed E-state index contributed by atoms with van der Waals surface area (Å²) in [6, 6.07) is 12.1. The van der Waals surface area contributed by atoms with Gasteiger partial charge in [0.05, 0.1) is 7.11 Å². The summed E-state index contributed by atoms with van der Waals surface area (Å²) < 4.78 is 0. The lowest BCUT2D eigenvalue weighted by Crippen LogP contribution is -2.55. The quantitative estimate of drug-likeness (QED) is 0.233. The van der Waals surface area contributed by atoms with Crippen LogP contribution in [0.25, 0.3) is 0 Å². The maximum atomic E-state index is 14.0. The predicted octanol–water partition coefficient (Wildman–Crippen LogP) is 5.80. The first kappa shape index (κ1) is 36.1. The molecule has 0 saturated heterocycles. The predicted molar refractivity (Wildman–Crippen MR) is 174 cm³/mol. The zero-order valence-electron chi connectivity index (χ0n) is 26.2. The van der Waals surface area contributed by atoms with Crippen LogP contribution in [-0.2, 0) is 32.2 Å². The molecule has 2 aromatic rings. The third-order valence-corrected chi connectivity index (χ3v) is 9.00. The van der Waals surface area contributed by atoms with Crippen molar-refractivity contribution in [3.63, 3.8) is 0 Å². The van der Waals surface area contributed by atoms with Gasteiger partial charge in [0.25, 0.3) is 5.91 Å². The van der Waals surface area contributed by atoms with Crippen LogP contribution in [0.4, 0.5) is 4.79 Å². The highest BCUT2D eigenvalue weighted by Crippen LogP contribution is 2.30. The Morgan fingerprint density at radius 1 is 1.02 bits per heavy atom. The van der Waals surface area contributed by atoms with E-state index in [1.165, 1.54) is 14.2 Å². The van der Waals surface area contributed by atoms with Crippen LogP contribution in [0.15, 0.2) is 48.5 Å². The van der Waals surface area contributed by atoms with Crippen molar-refractivity contribution in [2.45, 2.75) is 76.4 Å². The Morgan fingerprint density at radius 2 is 1.73 bits per heavy atom. The Balaban J connectivity index is 1.77. The van der Waals surface area contributed by atoms with E-state index in [0.29, 0.717) is 35.0 Å². The molecule has 4 amide bonds. The third kappa shape index (κ3) is 11.2. The third-order valence-electron chi connectivity index (χ3n) is 8.39. The number of carboxylic acid groups (broad SMARTS) is 1. The van der Waals surface area contributed by atoms with Gasteiger partial charge in [0, 0.05) is 43.7 Å². The number of nitrogens with one attached hydrogen (secondary N) is 1. The summed E-state index contributed by atoms with van der Waals surface area (Å²) in [7, 11) is 4.42. The second kappa shape index (κ2) is 18.0. The number of carbonyl (C=O) groups excluding carboxylic acids is 3. The molecule has 3 rings (SSSR count). The van der Waals surface area contributed by atoms with Crippen LogP contribution < -0.4 is 5.32 Å². The number of benzene rings is 2. The van der Waals surface area contributed by atoms with E-state index in [-0.39, 0.29) is 31.2 Å². The van der Waals surface area contributed by atoms with Crippen LogP contribution in [0.1, 0.15) is 62.5 Å². The van der Waals surface area contributed by atoms with E-state index < -0.39 is 30.0 Å². The Kier molecular flexibility index (Phi) is 14.4. The summed E-state index contributed by atoms with van der Waals surface area (Å²) >= 11 is 12.4. The van der Waals surface area contributed by atoms with E-state index >= 15 is 0 Å². The molecule has 0 bridgehead atoms. The standard InChI is InChI=1S/C33H44Cl2N4O6/c1-37(19-18-25-13-7-8-15-27(25)35)30(40)17-16-28(32(42)38(2)45-3)36-31(41)29(21-23-10-5-4-6-11-23)39(33(43)44)22-24-12-9-14-26(34)20-24/h7-9,12-15,20,23,28-29H,4-6,10-11,16-19,21-22H2,1-3H3,(H,36,41)(H,43,44)/t28-,29-/m0/s1. The van der Waals surface area contributed by atoms with Gasteiger partial charge >= 0.3 is 6.09 Å². The van der Waals surface area contributed by atoms with E-state index in [1.807, 2.05) is 18.2 Å². The zero-order valence-corrected chi connectivity index (χ0v) is 27.7. The molecular weight excluding hydrogens is 619 g/mol. The highest BCUT2D eigenvalue weighted by Gasteiger charge is 2.36. The first-order valence-electron chi connectivity index (χ1n) is 15.3. The van der Waals surface area contributed by atoms with Crippen LogP contribution in [0, 0.1) is 5.92 Å². The molecule has 1 fully saturated rings. The maximum Gasteiger partial charge on any atom is 0.408 e. The van der Waals surface area contributed by atoms with Gasteiger partial charge in [0.2, 0.25) is 11.8 Å². The normalized spacial score (nSPS) is 14.7. The number of amides is 4. The molecule has 246 valence electrons. The number of nitrogens with zero attached hydrogens (tertiary/aromatic N) is 3. The van der Waals surface area contributed by atoms with Crippen molar-refractivity contribution in [3.05, 3.63) is 69.7 Å². The van der Waals surface area contributed by atoms with Crippen LogP contribution in [0.3, 0.4) is 0 Å². The van der Waals surface area contributed by atoms with E-state index in [9.17, 15) is 24.3 Å². The second-order valence-electron chi connectivity index (χ2n) is 11.6. The van der Waals surface area contributed by atoms with Gasteiger partial charge in [0.1, 0.15) is 12.1 Å². The molecule has 0 aliphatic heterocycles. The molecule has 12 heteroatoms. The van der Waals surface area contributed by atoms with Gasteiger partial charge in [-0.3, -0.25) is 24.1 Å². The Morgan fingerprint density at radius 3 is 2.38 bits per heavy atom. The average Bonchev–Trinajstić information content (AvgIpc) is 3.03. The van der Waals surface area contributed by atoms with Crippen molar-refractivity contribution in [1.29, 1.82) is 0 Å². The topological polar surface area (TPSA) is 119 Å². The minimum atomic E-state index is -1.25. The lowest BCUT2D eigenvalue weighted by Gasteiger charge is -2.34. The van der Waals surface area contributed by atoms with Crippen molar-refractivity contribution in [2.24, 2.45) is 5.92 Å². The van der Waals surface area contributed by atoms with Crippen molar-refractivity contribution >= 4 is 47.0 Å². The fourth-order valence-electron chi connectivity index (χ4n) is 5.66. The monoisotopic (exact) mass is 662 g/mol. The van der Waals surface area contributed by atoms with Gasteiger partial charge in [-0.15, -0.1) is 0 Å². The van der Waals surface area contributed by atoms with E-state index in [2.05, 4.69) is 5.32 Å². The minimum Gasteiger partial charge on any atom is -0.465 e. The number of hydroxylamine groups is 2. The number of carbonyl (C=O) groups is 4. The summed E-state index contributed by atoms with van der Waals surface area (Å²) in [6.07, 6.45) is 4.57. The number of hydrogen-bond donors (Lipinski definition) is 2. The number of likely N-dealkylation sites (N-methyl/N-ethyl adjacent to an activating group) is 2. The maximum absolute atomic E-state index is 14.0. The van der Waals surface area contributed by atoms with Crippen LogP contribution >= 0.6 is 23.2 Å². The van der Waals surface area contributed by atoms with Crippen molar-refractivity contribution in [1.82, 2.24) is 20.2 Å². The van der Waals surface area contributed by atoms with Crippen molar-refractivity contribution in [3.8, 4) is 0 Å². The highest BCUT2D eigenvalue weighted by atomic mass is 35.5. The molecule has 0 heterocycles. The van der Waals surface area contributed by atoms with E-state index in [4.69, 9.17) is 28.0 Å². The first-order chi connectivity index (χ1) is 21.5. The lowest BCUT2D eigenvalue weighted by molar-refractivity contribution is -0.172. The van der Waals surface area contributed by atoms with Gasteiger partial charge in [-0.2, -0.15) is 0 Å². The van der Waals surface area contributed by atoms with Crippen molar-refractivity contribution in [2.75, 3.05) is 27.7 Å². The average molecular weight is 664 g/mol. The molecule has 1 aliphatic carbocycles. The van der Waals surface area contributed by atoms with Gasteiger partial charge in [0.15, 0.2) is 0 Å². The number of rotatable bonds is 15.